The molecule has 3 heteroatoms. The van der Waals surface area contributed by atoms with Crippen molar-refractivity contribution in [2.75, 3.05) is 0 Å². The smallest absolute Gasteiger partial charge is 0.195 e. The third kappa shape index (κ3) is 4.42. The number of nitriles is 1. The average Bonchev–Trinajstić information content (AvgIpc) is 3.51. The molecule has 1 heterocycles. The maximum absolute atomic E-state index is 10.7. The van der Waals surface area contributed by atoms with Crippen LogP contribution in [-0.4, -0.2) is 4.57 Å². The first kappa shape index (κ1) is 28.3. The Balaban J connectivity index is 1.27. The molecule has 0 aliphatic carbocycles. The minimum absolute atomic E-state index is 0.546. The average molecular weight is 622 g/mol. The molecular formula is C46H27N3. The molecule has 9 rings (SSSR count). The van der Waals surface area contributed by atoms with Gasteiger partial charge in [-0.25, -0.2) is 4.85 Å². The van der Waals surface area contributed by atoms with E-state index >= 15 is 0 Å². The summed E-state index contributed by atoms with van der Waals surface area (Å²) in [5, 5.41) is 17.5. The highest BCUT2D eigenvalue weighted by atomic mass is 15.0. The molecule has 0 atom stereocenters. The van der Waals surface area contributed by atoms with Crippen LogP contribution in [0.2, 0.25) is 0 Å². The number of nitrogens with zero attached hydrogens (tertiary/aromatic N) is 3. The number of fused-ring (bicyclic) bond motifs is 5. The Labute approximate surface area is 284 Å². The maximum atomic E-state index is 10.7. The van der Waals surface area contributed by atoms with Crippen LogP contribution in [0.3, 0.4) is 0 Å². The lowest BCUT2D eigenvalue weighted by molar-refractivity contribution is 1.18. The van der Waals surface area contributed by atoms with E-state index in [0.717, 1.165) is 66.1 Å². The topological polar surface area (TPSA) is 33.1 Å². The first-order valence-corrected chi connectivity index (χ1v) is 16.3. The second-order valence-electron chi connectivity index (χ2n) is 12.3. The Morgan fingerprint density at radius 1 is 0.469 bits per heavy atom. The van der Waals surface area contributed by atoms with Gasteiger partial charge in [-0.2, -0.15) is 5.26 Å². The van der Waals surface area contributed by atoms with Crippen molar-refractivity contribution in [2.45, 2.75) is 0 Å². The van der Waals surface area contributed by atoms with Crippen LogP contribution < -0.4 is 0 Å². The summed E-state index contributed by atoms with van der Waals surface area (Å²) in [5.74, 6) is 0. The van der Waals surface area contributed by atoms with Crippen LogP contribution in [0.1, 0.15) is 5.56 Å². The van der Waals surface area contributed by atoms with Crippen LogP contribution in [0.15, 0.2) is 164 Å². The number of hydrogen-bond acceptors (Lipinski definition) is 1. The minimum atomic E-state index is 0.546. The first-order valence-electron chi connectivity index (χ1n) is 16.3. The van der Waals surface area contributed by atoms with Gasteiger partial charge in [0.25, 0.3) is 0 Å². The molecule has 1 aromatic heterocycles. The minimum Gasteiger partial charge on any atom is -0.309 e. The molecule has 0 N–H and O–H groups in total. The Hall–Kier alpha value is -6.94. The third-order valence-corrected chi connectivity index (χ3v) is 9.65. The molecule has 0 spiro atoms. The van der Waals surface area contributed by atoms with E-state index < -0.39 is 0 Å². The molecule has 0 bridgehead atoms. The van der Waals surface area contributed by atoms with Gasteiger partial charge >= 0.3 is 0 Å². The fraction of sp³-hybridized carbons (Fsp3) is 0. The summed E-state index contributed by atoms with van der Waals surface area (Å²) in [4.78, 5) is 3.91. The molecule has 49 heavy (non-hydrogen) atoms. The van der Waals surface area contributed by atoms with Crippen molar-refractivity contribution in [1.29, 1.82) is 5.26 Å². The summed E-state index contributed by atoms with van der Waals surface area (Å²) in [6.45, 7) is 8.04. The highest BCUT2D eigenvalue weighted by Gasteiger charge is 2.20. The van der Waals surface area contributed by atoms with E-state index in [4.69, 9.17) is 6.57 Å². The van der Waals surface area contributed by atoms with Gasteiger partial charge in [0.15, 0.2) is 5.69 Å². The summed E-state index contributed by atoms with van der Waals surface area (Å²) in [6.07, 6.45) is 0. The van der Waals surface area contributed by atoms with Crippen molar-refractivity contribution < 1.29 is 0 Å². The van der Waals surface area contributed by atoms with E-state index in [9.17, 15) is 5.26 Å². The van der Waals surface area contributed by atoms with Gasteiger partial charge in [-0.05, 0) is 79.7 Å². The van der Waals surface area contributed by atoms with Gasteiger partial charge < -0.3 is 4.57 Å². The lowest BCUT2D eigenvalue weighted by Gasteiger charge is -2.19. The zero-order valence-electron chi connectivity index (χ0n) is 26.4. The largest absolute Gasteiger partial charge is 0.309 e. The molecule has 0 saturated carbocycles. The molecule has 3 nitrogen and oxygen atoms in total. The fourth-order valence-electron chi connectivity index (χ4n) is 7.55. The highest BCUT2D eigenvalue weighted by molar-refractivity contribution is 6.21. The van der Waals surface area contributed by atoms with E-state index in [1.54, 1.807) is 0 Å². The summed E-state index contributed by atoms with van der Waals surface area (Å²) < 4.78 is 2.26. The van der Waals surface area contributed by atoms with Crippen LogP contribution in [0.4, 0.5) is 5.69 Å². The van der Waals surface area contributed by atoms with E-state index in [-0.39, 0.29) is 0 Å². The Bertz CT molecular complexity index is 2740. The van der Waals surface area contributed by atoms with Gasteiger partial charge in [0.1, 0.15) is 0 Å². The predicted molar refractivity (Wildman–Crippen MR) is 203 cm³/mol. The summed E-state index contributed by atoms with van der Waals surface area (Å²) >= 11 is 0. The highest BCUT2D eigenvalue weighted by Crippen LogP contribution is 2.45. The van der Waals surface area contributed by atoms with Crippen LogP contribution in [0.25, 0.3) is 87.3 Å². The quantitative estimate of drug-likeness (QED) is 0.142. The van der Waals surface area contributed by atoms with Gasteiger partial charge in [-0.15, -0.1) is 0 Å². The molecule has 0 saturated heterocycles. The third-order valence-electron chi connectivity index (χ3n) is 9.65. The predicted octanol–water partition coefficient (Wildman–Crippen LogP) is 12.5. The zero-order chi connectivity index (χ0) is 32.9. The van der Waals surface area contributed by atoms with Gasteiger partial charge in [0.05, 0.1) is 29.2 Å². The van der Waals surface area contributed by atoms with Crippen LogP contribution in [-0.2, 0) is 0 Å². The Morgan fingerprint density at radius 2 is 1.00 bits per heavy atom. The molecular weight excluding hydrogens is 595 g/mol. The Morgan fingerprint density at radius 3 is 1.57 bits per heavy atom. The summed E-state index contributed by atoms with van der Waals surface area (Å²) in [5.41, 5.74) is 10.2. The van der Waals surface area contributed by atoms with E-state index in [0.29, 0.717) is 11.3 Å². The molecule has 0 aliphatic rings. The molecule has 9 aromatic rings. The fourth-order valence-corrected chi connectivity index (χ4v) is 7.55. The number of aromatic nitrogens is 1. The molecule has 0 radical (unpaired) electrons. The normalized spacial score (nSPS) is 11.2. The van der Waals surface area contributed by atoms with Crippen LogP contribution in [0, 0.1) is 17.9 Å². The van der Waals surface area contributed by atoms with E-state index in [2.05, 4.69) is 155 Å². The number of rotatable bonds is 4. The van der Waals surface area contributed by atoms with Crippen LogP contribution >= 0.6 is 0 Å². The molecule has 0 unspecified atom stereocenters. The van der Waals surface area contributed by atoms with Crippen molar-refractivity contribution in [3.63, 3.8) is 0 Å². The zero-order valence-corrected chi connectivity index (χ0v) is 26.4. The van der Waals surface area contributed by atoms with Crippen molar-refractivity contribution in [3.05, 3.63) is 181 Å². The monoisotopic (exact) mass is 621 g/mol. The molecule has 0 fully saturated rings. The number of hydrogen-bond donors (Lipinski definition) is 0. The summed E-state index contributed by atoms with van der Waals surface area (Å²) in [7, 11) is 0. The molecule has 8 aromatic carbocycles. The molecule has 0 amide bonds. The van der Waals surface area contributed by atoms with Crippen molar-refractivity contribution in [1.82, 2.24) is 4.57 Å². The van der Waals surface area contributed by atoms with E-state index in [1.807, 2.05) is 24.3 Å². The van der Waals surface area contributed by atoms with Gasteiger partial charge in [-0.3, -0.25) is 0 Å². The number of para-hydroxylation sites is 2. The summed E-state index contributed by atoms with van der Waals surface area (Å²) in [6, 6.07) is 58.9. The number of benzene rings is 8. The first-order chi connectivity index (χ1) is 24.2. The van der Waals surface area contributed by atoms with Crippen LogP contribution in [0.5, 0.6) is 0 Å². The lowest BCUT2D eigenvalue weighted by Crippen LogP contribution is -1.95. The van der Waals surface area contributed by atoms with Gasteiger partial charge in [-0.1, -0.05) is 133 Å². The second-order valence-corrected chi connectivity index (χ2v) is 12.3. The van der Waals surface area contributed by atoms with Gasteiger partial charge in [0.2, 0.25) is 0 Å². The van der Waals surface area contributed by atoms with Gasteiger partial charge in [0, 0.05) is 22.0 Å². The SMILES string of the molecule is [C-]#[N+]c1ccc(-n2c3ccccc3c3ccccc32)cc1-c1ccc(-c2c3ccccc3c(-c3ccccc3)c3ccccc23)c(C#N)c1. The maximum Gasteiger partial charge on any atom is 0.195 e. The lowest BCUT2D eigenvalue weighted by atomic mass is 9.84. The second kappa shape index (κ2) is 11.4. The van der Waals surface area contributed by atoms with Crippen molar-refractivity contribution >= 4 is 49.0 Å². The molecule has 0 aliphatic heterocycles. The van der Waals surface area contributed by atoms with E-state index in [1.165, 1.54) is 16.3 Å². The van der Waals surface area contributed by atoms with Crippen molar-refractivity contribution in [3.8, 4) is 45.1 Å². The standard InChI is InChI=1S/C46H27N3/c1-48-42-26-24-33(49-43-21-11-9-15-35(43)36-16-10-12-22-44(36)49)28-41(42)31-23-25-34(32(27-31)29-47)46-39-19-7-5-17-37(39)45(30-13-3-2-4-14-30)38-18-6-8-20-40(38)46/h2-28H. The van der Waals surface area contributed by atoms with Crippen molar-refractivity contribution in [2.24, 2.45) is 0 Å². The Kier molecular flexibility index (Phi) is 6.58. The molecule has 226 valence electrons.